The lowest BCUT2D eigenvalue weighted by Gasteiger charge is -2.09. The first-order valence-electron chi connectivity index (χ1n) is 6.26. The number of nitrogens with one attached hydrogen (secondary N) is 2. The molecule has 0 atom stereocenters. The Balaban J connectivity index is 2.12. The van der Waals surface area contributed by atoms with Crippen LogP contribution in [0.1, 0.15) is 25.1 Å². The fraction of sp³-hybridized carbons (Fsp3) is 0.308. The topological polar surface area (TPSA) is 106 Å². The Bertz CT molecular complexity index is 621. The monoisotopic (exact) mass is 275 g/mol. The highest BCUT2D eigenvalue weighted by Crippen LogP contribution is 2.14. The Labute approximate surface area is 116 Å². The van der Waals surface area contributed by atoms with Gasteiger partial charge in [0.2, 0.25) is 5.95 Å². The highest BCUT2D eigenvalue weighted by molar-refractivity contribution is 5.30. The van der Waals surface area contributed by atoms with Crippen molar-refractivity contribution in [1.29, 1.82) is 0 Å². The molecule has 7 heteroatoms. The molecule has 1 aromatic carbocycles. The number of H-pyrrole nitrogens is 1. The molecule has 106 valence electrons. The number of nitrogens with zero attached hydrogens (tertiary/aromatic N) is 2. The molecule has 0 aliphatic carbocycles. The van der Waals surface area contributed by atoms with Gasteiger partial charge in [0.1, 0.15) is 11.4 Å². The van der Waals surface area contributed by atoms with E-state index in [9.17, 15) is 4.79 Å². The van der Waals surface area contributed by atoms with Crippen molar-refractivity contribution < 1.29 is 4.74 Å². The number of nitrogens with two attached hydrogens (primary N) is 1. The zero-order chi connectivity index (χ0) is 14.5. The number of rotatable bonds is 5. The van der Waals surface area contributed by atoms with E-state index < -0.39 is 0 Å². The van der Waals surface area contributed by atoms with Crippen molar-refractivity contribution in [3.05, 3.63) is 45.9 Å². The van der Waals surface area contributed by atoms with E-state index in [1.807, 2.05) is 38.1 Å². The zero-order valence-corrected chi connectivity index (χ0v) is 11.4. The minimum atomic E-state index is -0.310. The van der Waals surface area contributed by atoms with Crippen LogP contribution in [0.15, 0.2) is 29.1 Å². The highest BCUT2D eigenvalue weighted by atomic mass is 16.5. The number of aromatic nitrogens is 3. The van der Waals surface area contributed by atoms with Gasteiger partial charge >= 0.3 is 0 Å². The van der Waals surface area contributed by atoms with E-state index in [1.54, 1.807) is 0 Å². The number of hydrogen-bond donors (Lipinski definition) is 3. The number of benzene rings is 1. The van der Waals surface area contributed by atoms with Crippen LogP contribution in [0.5, 0.6) is 5.75 Å². The lowest BCUT2D eigenvalue weighted by Crippen LogP contribution is -2.21. The second-order valence-corrected chi connectivity index (χ2v) is 4.58. The first kappa shape index (κ1) is 14.0. The van der Waals surface area contributed by atoms with Crippen LogP contribution >= 0.6 is 0 Å². The molecule has 0 saturated carbocycles. The van der Waals surface area contributed by atoms with E-state index in [0.717, 1.165) is 11.3 Å². The Kier molecular flexibility index (Phi) is 4.31. The molecule has 0 unspecified atom stereocenters. The normalized spacial score (nSPS) is 10.6. The largest absolute Gasteiger partial charge is 0.491 e. The fourth-order valence-electron chi connectivity index (χ4n) is 1.69. The molecule has 7 nitrogen and oxygen atoms in total. The maximum Gasteiger partial charge on any atom is 0.274 e. The van der Waals surface area contributed by atoms with Gasteiger partial charge in [0.05, 0.1) is 6.10 Å². The molecule has 0 spiro atoms. The van der Waals surface area contributed by atoms with Gasteiger partial charge in [0.15, 0.2) is 0 Å². The van der Waals surface area contributed by atoms with Gasteiger partial charge in [-0.3, -0.25) is 15.2 Å². The molecule has 0 aliphatic rings. The van der Waals surface area contributed by atoms with E-state index in [4.69, 9.17) is 10.6 Å². The summed E-state index contributed by atoms with van der Waals surface area (Å²) in [7, 11) is 0. The zero-order valence-electron chi connectivity index (χ0n) is 11.4. The van der Waals surface area contributed by atoms with Gasteiger partial charge in [0, 0.05) is 6.42 Å². The maximum absolute atomic E-state index is 11.7. The first-order chi connectivity index (χ1) is 9.58. The summed E-state index contributed by atoms with van der Waals surface area (Å²) in [5, 5.41) is 7.59. The van der Waals surface area contributed by atoms with Crippen LogP contribution < -0.4 is 21.6 Å². The van der Waals surface area contributed by atoms with Crippen molar-refractivity contribution in [2.45, 2.75) is 26.4 Å². The van der Waals surface area contributed by atoms with Gasteiger partial charge in [0.25, 0.3) is 5.56 Å². The Morgan fingerprint density at radius 1 is 1.30 bits per heavy atom. The van der Waals surface area contributed by atoms with Crippen molar-refractivity contribution in [3.8, 4) is 5.75 Å². The van der Waals surface area contributed by atoms with Crippen LogP contribution in [-0.4, -0.2) is 21.3 Å². The molecule has 2 rings (SSSR count). The highest BCUT2D eigenvalue weighted by Gasteiger charge is 2.06. The van der Waals surface area contributed by atoms with Crippen LogP contribution in [0.2, 0.25) is 0 Å². The summed E-state index contributed by atoms with van der Waals surface area (Å²) < 4.78 is 5.56. The third-order valence-corrected chi connectivity index (χ3v) is 2.57. The molecule has 4 N–H and O–H groups in total. The van der Waals surface area contributed by atoms with E-state index in [0.29, 0.717) is 12.1 Å². The standard InChI is InChI=1S/C13H17N5O2/c1-8(2)20-10-5-3-9(4-6-10)7-11-12(19)15-13(16-14)18-17-11/h3-6,8H,7,14H2,1-2H3,(H2,15,16,18,19). The van der Waals surface area contributed by atoms with Crippen LogP contribution in [-0.2, 0) is 6.42 Å². The number of ether oxygens (including phenoxy) is 1. The molecule has 20 heavy (non-hydrogen) atoms. The van der Waals surface area contributed by atoms with Crippen LogP contribution in [0.25, 0.3) is 0 Å². The lowest BCUT2D eigenvalue weighted by molar-refractivity contribution is 0.242. The van der Waals surface area contributed by atoms with Crippen LogP contribution in [0.4, 0.5) is 5.95 Å². The van der Waals surface area contributed by atoms with Crippen LogP contribution in [0.3, 0.4) is 0 Å². The van der Waals surface area contributed by atoms with Gasteiger partial charge in [-0.2, -0.15) is 0 Å². The summed E-state index contributed by atoms with van der Waals surface area (Å²) in [5.74, 6) is 6.08. The second-order valence-electron chi connectivity index (χ2n) is 4.58. The molecule has 0 radical (unpaired) electrons. The number of hydrogen-bond acceptors (Lipinski definition) is 6. The summed E-state index contributed by atoms with van der Waals surface area (Å²) in [6.45, 7) is 3.94. The minimum absolute atomic E-state index is 0.130. The summed E-state index contributed by atoms with van der Waals surface area (Å²) in [5.41, 5.74) is 3.22. The number of anilines is 1. The maximum atomic E-state index is 11.7. The average Bonchev–Trinajstić information content (AvgIpc) is 2.42. The molecule has 1 aromatic heterocycles. The van der Waals surface area contributed by atoms with Gasteiger partial charge in [-0.25, -0.2) is 5.84 Å². The molecule has 0 saturated heterocycles. The third-order valence-electron chi connectivity index (χ3n) is 2.57. The SMILES string of the molecule is CC(C)Oc1ccc(Cc2nnc(NN)[nH]c2=O)cc1. The summed E-state index contributed by atoms with van der Waals surface area (Å²) in [4.78, 5) is 14.2. The van der Waals surface area contributed by atoms with Crippen LogP contribution in [0, 0.1) is 0 Å². The molecule has 2 aromatic rings. The molecular formula is C13H17N5O2. The Hall–Kier alpha value is -2.41. The Morgan fingerprint density at radius 3 is 2.55 bits per heavy atom. The van der Waals surface area contributed by atoms with Crippen molar-refractivity contribution >= 4 is 5.95 Å². The molecule has 0 amide bonds. The molecule has 1 heterocycles. The van der Waals surface area contributed by atoms with E-state index in [2.05, 4.69) is 20.6 Å². The summed E-state index contributed by atoms with van der Waals surface area (Å²) in [6, 6.07) is 7.53. The summed E-state index contributed by atoms with van der Waals surface area (Å²) in [6.07, 6.45) is 0.528. The van der Waals surface area contributed by atoms with Gasteiger partial charge < -0.3 is 4.74 Å². The Morgan fingerprint density at radius 2 is 2.00 bits per heavy atom. The fourth-order valence-corrected chi connectivity index (χ4v) is 1.69. The second kappa shape index (κ2) is 6.16. The minimum Gasteiger partial charge on any atom is -0.491 e. The predicted molar refractivity (Wildman–Crippen MR) is 75.5 cm³/mol. The molecular weight excluding hydrogens is 258 g/mol. The first-order valence-corrected chi connectivity index (χ1v) is 6.26. The number of nitrogen functional groups attached to an aromatic ring is 1. The number of hydrazine groups is 1. The quantitative estimate of drug-likeness (QED) is 0.551. The van der Waals surface area contributed by atoms with Gasteiger partial charge in [-0.15, -0.1) is 10.2 Å². The van der Waals surface area contributed by atoms with E-state index in [-0.39, 0.29) is 17.6 Å². The molecule has 0 aliphatic heterocycles. The smallest absolute Gasteiger partial charge is 0.274 e. The number of aromatic amines is 1. The van der Waals surface area contributed by atoms with Gasteiger partial charge in [-0.05, 0) is 31.5 Å². The molecule has 0 bridgehead atoms. The molecule has 0 fully saturated rings. The third kappa shape index (κ3) is 3.55. The van der Waals surface area contributed by atoms with Crippen molar-refractivity contribution in [2.24, 2.45) is 5.84 Å². The summed E-state index contributed by atoms with van der Waals surface area (Å²) >= 11 is 0. The lowest BCUT2D eigenvalue weighted by atomic mass is 10.1. The van der Waals surface area contributed by atoms with Gasteiger partial charge in [-0.1, -0.05) is 12.1 Å². The van der Waals surface area contributed by atoms with Crippen molar-refractivity contribution in [2.75, 3.05) is 5.43 Å². The van der Waals surface area contributed by atoms with E-state index in [1.165, 1.54) is 0 Å². The van der Waals surface area contributed by atoms with E-state index >= 15 is 0 Å². The van der Waals surface area contributed by atoms with Crippen molar-refractivity contribution in [1.82, 2.24) is 15.2 Å². The average molecular weight is 275 g/mol. The predicted octanol–water partition coefficient (Wildman–Crippen LogP) is 0.828. The van der Waals surface area contributed by atoms with Crippen molar-refractivity contribution in [3.63, 3.8) is 0 Å².